The van der Waals surface area contributed by atoms with E-state index in [2.05, 4.69) is 43.8 Å². The van der Waals surface area contributed by atoms with Crippen LogP contribution in [0.15, 0.2) is 24.3 Å². The molecule has 0 aliphatic rings. The van der Waals surface area contributed by atoms with E-state index in [1.54, 1.807) is 0 Å². The Labute approximate surface area is 91.6 Å². The van der Waals surface area contributed by atoms with Gasteiger partial charge in [-0.15, -0.1) is 0 Å². The molecule has 0 heterocycles. The molecule has 0 aliphatic heterocycles. The van der Waals surface area contributed by atoms with Crippen molar-refractivity contribution in [3.8, 4) is 0 Å². The monoisotopic (exact) mass is 210 g/mol. The number of benzene rings is 1. The first-order valence-electron chi connectivity index (χ1n) is 4.84. The van der Waals surface area contributed by atoms with Crippen molar-refractivity contribution in [1.82, 2.24) is 0 Å². The summed E-state index contributed by atoms with van der Waals surface area (Å²) in [5.74, 6) is 0.487. The molecule has 0 amide bonds. The highest BCUT2D eigenvalue weighted by Crippen LogP contribution is 2.27. The summed E-state index contributed by atoms with van der Waals surface area (Å²) in [6.45, 7) is 6.14. The van der Waals surface area contributed by atoms with Crippen molar-refractivity contribution in [1.29, 1.82) is 0 Å². The fraction of sp³-hybridized carbons (Fsp3) is 0.500. The largest absolute Gasteiger partial charge is 0.391 e. The molecule has 0 bridgehead atoms. The van der Waals surface area contributed by atoms with Gasteiger partial charge in [0.15, 0.2) is 0 Å². The highest BCUT2D eigenvalue weighted by atomic mass is 32.1. The van der Waals surface area contributed by atoms with Gasteiger partial charge in [-0.3, -0.25) is 0 Å². The zero-order valence-corrected chi connectivity index (χ0v) is 9.88. The van der Waals surface area contributed by atoms with Crippen LogP contribution in [0, 0.1) is 6.92 Å². The van der Waals surface area contributed by atoms with Gasteiger partial charge in [0.05, 0.1) is 6.10 Å². The van der Waals surface area contributed by atoms with Crippen LogP contribution in [0.25, 0.3) is 0 Å². The second-order valence-corrected chi connectivity index (χ2v) is 4.65. The molecule has 2 heteroatoms. The molecule has 78 valence electrons. The molecule has 0 aliphatic carbocycles. The van der Waals surface area contributed by atoms with E-state index in [0.717, 1.165) is 5.56 Å². The van der Waals surface area contributed by atoms with Crippen molar-refractivity contribution < 1.29 is 5.11 Å². The average Bonchev–Trinajstić information content (AvgIpc) is 2.17. The molecule has 14 heavy (non-hydrogen) atoms. The Balaban J connectivity index is 2.97. The summed E-state index contributed by atoms with van der Waals surface area (Å²) in [7, 11) is 0. The second kappa shape index (κ2) is 4.37. The lowest BCUT2D eigenvalue weighted by atomic mass is 9.80. The predicted octanol–water partition coefficient (Wildman–Crippen LogP) is 2.56. The Morgan fingerprint density at radius 1 is 1.29 bits per heavy atom. The van der Waals surface area contributed by atoms with Crippen LogP contribution >= 0.6 is 12.6 Å². The fourth-order valence-electron chi connectivity index (χ4n) is 1.40. The summed E-state index contributed by atoms with van der Waals surface area (Å²) in [4.78, 5) is 0. The first-order valence-corrected chi connectivity index (χ1v) is 5.48. The van der Waals surface area contributed by atoms with Crippen molar-refractivity contribution >= 4 is 12.6 Å². The number of aryl methyl sites for hydroxylation is 1. The third-order valence-corrected chi connectivity index (χ3v) is 3.15. The molecule has 0 fully saturated rings. The number of rotatable bonds is 3. The van der Waals surface area contributed by atoms with E-state index in [-0.39, 0.29) is 5.41 Å². The molecule has 0 saturated carbocycles. The molecular formula is C12H18OS. The highest BCUT2D eigenvalue weighted by Gasteiger charge is 2.28. The van der Waals surface area contributed by atoms with Gasteiger partial charge in [-0.05, 0) is 12.5 Å². The highest BCUT2D eigenvalue weighted by molar-refractivity contribution is 7.80. The number of aliphatic hydroxyl groups excluding tert-OH is 1. The van der Waals surface area contributed by atoms with Crippen LogP contribution in [0.1, 0.15) is 25.0 Å². The van der Waals surface area contributed by atoms with Gasteiger partial charge in [0.1, 0.15) is 0 Å². The van der Waals surface area contributed by atoms with Crippen LogP contribution in [0.3, 0.4) is 0 Å². The molecular weight excluding hydrogens is 192 g/mol. The van der Waals surface area contributed by atoms with Gasteiger partial charge in [-0.25, -0.2) is 0 Å². The van der Waals surface area contributed by atoms with Gasteiger partial charge < -0.3 is 5.11 Å². The number of thiol groups is 1. The first kappa shape index (κ1) is 11.6. The molecule has 0 saturated heterocycles. The minimum atomic E-state index is -0.409. The topological polar surface area (TPSA) is 20.2 Å². The van der Waals surface area contributed by atoms with Crippen LogP contribution in [-0.2, 0) is 5.41 Å². The van der Waals surface area contributed by atoms with Crippen molar-refractivity contribution in [3.05, 3.63) is 35.4 Å². The zero-order chi connectivity index (χ0) is 10.8. The standard InChI is InChI=1S/C12H18OS/c1-9-4-6-10(7-5-9)12(2,3)11(13)8-14/h4-7,11,13-14H,8H2,1-3H3. The van der Waals surface area contributed by atoms with Gasteiger partial charge in [-0.2, -0.15) is 12.6 Å². The SMILES string of the molecule is Cc1ccc(C(C)(C)C(O)CS)cc1. The van der Waals surface area contributed by atoms with E-state index in [1.807, 2.05) is 13.8 Å². The quantitative estimate of drug-likeness (QED) is 0.735. The smallest absolute Gasteiger partial charge is 0.0719 e. The molecule has 1 rings (SSSR count). The lowest BCUT2D eigenvalue weighted by Crippen LogP contribution is -2.34. The molecule has 0 radical (unpaired) electrons. The van der Waals surface area contributed by atoms with Crippen LogP contribution in [-0.4, -0.2) is 17.0 Å². The van der Waals surface area contributed by atoms with E-state index in [0.29, 0.717) is 5.75 Å². The van der Waals surface area contributed by atoms with Gasteiger partial charge in [0.2, 0.25) is 0 Å². The van der Waals surface area contributed by atoms with Crippen LogP contribution in [0.5, 0.6) is 0 Å². The fourth-order valence-corrected chi connectivity index (χ4v) is 1.86. The number of hydrogen-bond acceptors (Lipinski definition) is 2. The first-order chi connectivity index (χ1) is 6.48. The molecule has 1 atom stereocenters. The molecule has 0 aromatic heterocycles. The van der Waals surface area contributed by atoms with Crippen molar-refractivity contribution in [2.24, 2.45) is 0 Å². The second-order valence-electron chi connectivity index (χ2n) is 4.29. The molecule has 0 spiro atoms. The van der Waals surface area contributed by atoms with Gasteiger partial charge >= 0.3 is 0 Å². The summed E-state index contributed by atoms with van der Waals surface area (Å²) in [5, 5.41) is 9.83. The summed E-state index contributed by atoms with van der Waals surface area (Å²) >= 11 is 4.13. The average molecular weight is 210 g/mol. The Kier molecular flexibility index (Phi) is 3.62. The molecule has 1 N–H and O–H groups in total. The van der Waals surface area contributed by atoms with Crippen LogP contribution in [0.4, 0.5) is 0 Å². The van der Waals surface area contributed by atoms with E-state index < -0.39 is 6.10 Å². The van der Waals surface area contributed by atoms with Crippen molar-refractivity contribution in [2.45, 2.75) is 32.3 Å². The lowest BCUT2D eigenvalue weighted by molar-refractivity contribution is 0.122. The van der Waals surface area contributed by atoms with Crippen molar-refractivity contribution in [3.63, 3.8) is 0 Å². The predicted molar refractivity (Wildman–Crippen MR) is 64.1 cm³/mol. The van der Waals surface area contributed by atoms with Gasteiger partial charge in [-0.1, -0.05) is 43.7 Å². The lowest BCUT2D eigenvalue weighted by Gasteiger charge is -2.30. The molecule has 1 aromatic carbocycles. The van der Waals surface area contributed by atoms with Crippen LogP contribution in [0.2, 0.25) is 0 Å². The van der Waals surface area contributed by atoms with E-state index >= 15 is 0 Å². The van der Waals surface area contributed by atoms with Crippen molar-refractivity contribution in [2.75, 3.05) is 5.75 Å². The van der Waals surface area contributed by atoms with Crippen LogP contribution < -0.4 is 0 Å². The van der Waals surface area contributed by atoms with E-state index in [1.165, 1.54) is 5.56 Å². The minimum absolute atomic E-state index is 0.227. The maximum atomic E-state index is 9.83. The molecule has 1 unspecified atom stereocenters. The number of aliphatic hydroxyl groups is 1. The van der Waals surface area contributed by atoms with Gasteiger partial charge in [0.25, 0.3) is 0 Å². The summed E-state index contributed by atoms with van der Waals surface area (Å²) in [6, 6.07) is 8.29. The Hall–Kier alpha value is -0.470. The van der Waals surface area contributed by atoms with Gasteiger partial charge in [0, 0.05) is 11.2 Å². The zero-order valence-electron chi connectivity index (χ0n) is 8.99. The molecule has 1 nitrogen and oxygen atoms in total. The third kappa shape index (κ3) is 2.31. The molecule has 1 aromatic rings. The summed E-state index contributed by atoms with van der Waals surface area (Å²) < 4.78 is 0. The Morgan fingerprint density at radius 2 is 1.79 bits per heavy atom. The maximum Gasteiger partial charge on any atom is 0.0719 e. The third-order valence-electron chi connectivity index (χ3n) is 2.80. The minimum Gasteiger partial charge on any atom is -0.391 e. The Morgan fingerprint density at radius 3 is 2.21 bits per heavy atom. The van der Waals surface area contributed by atoms with E-state index in [9.17, 15) is 5.11 Å². The number of hydrogen-bond donors (Lipinski definition) is 2. The van der Waals surface area contributed by atoms with E-state index in [4.69, 9.17) is 0 Å². The Bertz CT molecular complexity index is 290. The normalized spacial score (nSPS) is 14.1. The summed E-state index contributed by atoms with van der Waals surface area (Å²) in [5.41, 5.74) is 2.17. The maximum absolute atomic E-state index is 9.83. The summed E-state index contributed by atoms with van der Waals surface area (Å²) in [6.07, 6.45) is -0.409.